The van der Waals surface area contributed by atoms with Crippen LogP contribution in [0.4, 0.5) is 0 Å². The summed E-state index contributed by atoms with van der Waals surface area (Å²) >= 11 is 0. The third-order valence-electron chi connectivity index (χ3n) is 2.87. The molecule has 2 nitrogen and oxygen atoms in total. The lowest BCUT2D eigenvalue weighted by Crippen LogP contribution is -2.41. The van der Waals surface area contributed by atoms with Crippen molar-refractivity contribution in [2.45, 2.75) is 51.7 Å². The Morgan fingerprint density at radius 2 is 1.69 bits per heavy atom. The molecule has 13 heavy (non-hydrogen) atoms. The van der Waals surface area contributed by atoms with E-state index in [1.54, 1.807) is 0 Å². The van der Waals surface area contributed by atoms with Crippen molar-refractivity contribution in [1.29, 1.82) is 0 Å². The van der Waals surface area contributed by atoms with Crippen LogP contribution >= 0.6 is 0 Å². The molecule has 0 bridgehead atoms. The van der Waals surface area contributed by atoms with Crippen LogP contribution in [0.2, 0.25) is 18.1 Å². The molecule has 0 aromatic rings. The van der Waals surface area contributed by atoms with Crippen LogP contribution in [-0.2, 0) is 4.43 Å². The first-order valence-electron chi connectivity index (χ1n) is 5.15. The van der Waals surface area contributed by atoms with Crippen LogP contribution in [0.1, 0.15) is 33.6 Å². The molecule has 80 valence electrons. The number of unbranched alkanes of at least 4 members (excludes halogenated alkanes) is 1. The SMILES string of the molecule is CC(C)(C)[Si](C)(C)OCCCCN. The first-order valence-corrected chi connectivity index (χ1v) is 8.06. The van der Waals surface area contributed by atoms with Gasteiger partial charge in [-0.25, -0.2) is 0 Å². The summed E-state index contributed by atoms with van der Waals surface area (Å²) in [6, 6.07) is 0. The molecular formula is C10H25NOSi. The van der Waals surface area contributed by atoms with Crippen molar-refractivity contribution in [2.75, 3.05) is 13.2 Å². The number of rotatable bonds is 5. The largest absolute Gasteiger partial charge is 0.417 e. The highest BCUT2D eigenvalue weighted by molar-refractivity contribution is 6.74. The van der Waals surface area contributed by atoms with Crippen molar-refractivity contribution in [3.8, 4) is 0 Å². The maximum atomic E-state index is 5.98. The molecular weight excluding hydrogens is 178 g/mol. The van der Waals surface area contributed by atoms with Crippen molar-refractivity contribution in [1.82, 2.24) is 0 Å². The van der Waals surface area contributed by atoms with Crippen LogP contribution in [0.3, 0.4) is 0 Å². The molecule has 0 rings (SSSR count). The van der Waals surface area contributed by atoms with Gasteiger partial charge < -0.3 is 10.2 Å². The van der Waals surface area contributed by atoms with Gasteiger partial charge in [-0.2, -0.15) is 0 Å². The van der Waals surface area contributed by atoms with Gasteiger partial charge in [-0.05, 0) is 37.5 Å². The van der Waals surface area contributed by atoms with Gasteiger partial charge in [0.15, 0.2) is 8.32 Å². The number of nitrogens with two attached hydrogens (primary N) is 1. The van der Waals surface area contributed by atoms with Crippen LogP contribution in [0.25, 0.3) is 0 Å². The van der Waals surface area contributed by atoms with E-state index in [0.717, 1.165) is 26.0 Å². The zero-order valence-corrected chi connectivity index (χ0v) is 10.8. The molecule has 0 fully saturated rings. The lowest BCUT2D eigenvalue weighted by molar-refractivity contribution is 0.280. The Labute approximate surface area is 84.0 Å². The molecule has 0 aliphatic rings. The molecule has 0 amide bonds. The minimum absolute atomic E-state index is 0.329. The zero-order valence-electron chi connectivity index (χ0n) is 9.81. The van der Waals surface area contributed by atoms with Gasteiger partial charge in [-0.3, -0.25) is 0 Å². The van der Waals surface area contributed by atoms with E-state index in [9.17, 15) is 0 Å². The highest BCUT2D eigenvalue weighted by atomic mass is 28.4. The molecule has 0 radical (unpaired) electrons. The normalized spacial score (nSPS) is 13.4. The van der Waals surface area contributed by atoms with Crippen LogP contribution < -0.4 is 5.73 Å². The molecule has 3 heteroatoms. The average Bonchev–Trinajstić information content (AvgIpc) is 1.96. The second-order valence-electron chi connectivity index (χ2n) is 5.10. The van der Waals surface area contributed by atoms with Gasteiger partial charge in [-0.1, -0.05) is 20.8 Å². The predicted molar refractivity (Wildman–Crippen MR) is 61.4 cm³/mol. The summed E-state index contributed by atoms with van der Waals surface area (Å²) in [7, 11) is -1.50. The average molecular weight is 203 g/mol. The standard InChI is InChI=1S/C10H25NOSi/c1-10(2,3)13(4,5)12-9-7-6-8-11/h6-9,11H2,1-5H3. The van der Waals surface area contributed by atoms with Gasteiger partial charge in [0.25, 0.3) is 0 Å². The van der Waals surface area contributed by atoms with E-state index >= 15 is 0 Å². The number of hydrogen-bond donors (Lipinski definition) is 1. The van der Waals surface area contributed by atoms with E-state index in [4.69, 9.17) is 10.2 Å². The van der Waals surface area contributed by atoms with E-state index in [2.05, 4.69) is 33.9 Å². The Morgan fingerprint density at radius 1 is 1.15 bits per heavy atom. The van der Waals surface area contributed by atoms with Gasteiger partial charge in [0, 0.05) is 6.61 Å². The third-order valence-corrected chi connectivity index (χ3v) is 7.41. The van der Waals surface area contributed by atoms with E-state index in [1.807, 2.05) is 0 Å². The molecule has 0 aromatic carbocycles. The first-order chi connectivity index (χ1) is 5.81. The molecule has 0 aliphatic heterocycles. The Morgan fingerprint density at radius 3 is 2.08 bits per heavy atom. The predicted octanol–water partition coefficient (Wildman–Crippen LogP) is 2.75. The molecule has 2 N–H and O–H groups in total. The van der Waals surface area contributed by atoms with Crippen molar-refractivity contribution >= 4 is 8.32 Å². The summed E-state index contributed by atoms with van der Waals surface area (Å²) in [5.74, 6) is 0. The van der Waals surface area contributed by atoms with E-state index in [0.29, 0.717) is 5.04 Å². The highest BCUT2D eigenvalue weighted by Gasteiger charge is 2.36. The zero-order chi connectivity index (χ0) is 10.5. The van der Waals surface area contributed by atoms with E-state index in [-0.39, 0.29) is 0 Å². The highest BCUT2D eigenvalue weighted by Crippen LogP contribution is 2.36. The Balaban J connectivity index is 3.77. The quantitative estimate of drug-likeness (QED) is 0.551. The van der Waals surface area contributed by atoms with Crippen molar-refractivity contribution in [2.24, 2.45) is 5.73 Å². The Hall–Kier alpha value is 0.137. The summed E-state index contributed by atoms with van der Waals surface area (Å²) in [4.78, 5) is 0. The summed E-state index contributed by atoms with van der Waals surface area (Å²) in [6.45, 7) is 13.0. The lowest BCUT2D eigenvalue weighted by Gasteiger charge is -2.36. The summed E-state index contributed by atoms with van der Waals surface area (Å²) < 4.78 is 5.98. The van der Waals surface area contributed by atoms with Crippen LogP contribution in [0, 0.1) is 0 Å². The van der Waals surface area contributed by atoms with Gasteiger partial charge in [0.05, 0.1) is 0 Å². The maximum Gasteiger partial charge on any atom is 0.191 e. The van der Waals surface area contributed by atoms with Gasteiger partial charge in [0.1, 0.15) is 0 Å². The van der Waals surface area contributed by atoms with E-state index in [1.165, 1.54) is 0 Å². The molecule has 0 saturated heterocycles. The minimum atomic E-state index is -1.50. The second-order valence-corrected chi connectivity index (χ2v) is 9.91. The van der Waals surface area contributed by atoms with Crippen LogP contribution in [0.5, 0.6) is 0 Å². The third kappa shape index (κ3) is 4.79. The fourth-order valence-electron chi connectivity index (χ4n) is 0.790. The monoisotopic (exact) mass is 203 g/mol. The van der Waals surface area contributed by atoms with Crippen molar-refractivity contribution in [3.63, 3.8) is 0 Å². The topological polar surface area (TPSA) is 35.2 Å². The van der Waals surface area contributed by atoms with Gasteiger partial charge in [0.2, 0.25) is 0 Å². The molecule has 0 aliphatic carbocycles. The lowest BCUT2D eigenvalue weighted by atomic mass is 10.2. The number of hydrogen-bond acceptors (Lipinski definition) is 2. The van der Waals surface area contributed by atoms with Gasteiger partial charge in [-0.15, -0.1) is 0 Å². The first kappa shape index (κ1) is 13.1. The fraction of sp³-hybridized carbons (Fsp3) is 1.00. The van der Waals surface area contributed by atoms with Crippen molar-refractivity contribution < 1.29 is 4.43 Å². The van der Waals surface area contributed by atoms with Crippen LogP contribution in [0.15, 0.2) is 0 Å². The molecule has 0 atom stereocenters. The van der Waals surface area contributed by atoms with Crippen LogP contribution in [-0.4, -0.2) is 21.5 Å². The van der Waals surface area contributed by atoms with E-state index < -0.39 is 8.32 Å². The smallest absolute Gasteiger partial charge is 0.191 e. The minimum Gasteiger partial charge on any atom is -0.417 e. The molecule has 0 saturated carbocycles. The summed E-state index contributed by atoms with van der Waals surface area (Å²) in [5, 5.41) is 0.329. The fourth-order valence-corrected chi connectivity index (χ4v) is 1.88. The maximum absolute atomic E-state index is 5.98. The molecule has 0 aromatic heterocycles. The Bertz CT molecular complexity index is 140. The summed E-state index contributed by atoms with van der Waals surface area (Å²) in [5.41, 5.74) is 5.42. The second kappa shape index (κ2) is 5.13. The molecule has 0 heterocycles. The molecule has 0 unspecified atom stereocenters. The summed E-state index contributed by atoms with van der Waals surface area (Å²) in [6.07, 6.45) is 2.18. The van der Waals surface area contributed by atoms with Gasteiger partial charge >= 0.3 is 0 Å². The molecule has 0 spiro atoms. The van der Waals surface area contributed by atoms with Crippen molar-refractivity contribution in [3.05, 3.63) is 0 Å². The Kier molecular flexibility index (Phi) is 5.18.